The van der Waals surface area contributed by atoms with Gasteiger partial charge in [-0.1, -0.05) is 35.6 Å². The van der Waals surface area contributed by atoms with E-state index in [9.17, 15) is 0 Å². The SMILES string of the molecule is CNC(C)c1nnc(-c2ccccc2C)s1. The molecule has 84 valence electrons. The molecule has 3 nitrogen and oxygen atoms in total. The van der Waals surface area contributed by atoms with E-state index >= 15 is 0 Å². The average Bonchev–Trinajstić information content (AvgIpc) is 2.78. The van der Waals surface area contributed by atoms with Crippen LogP contribution in [-0.4, -0.2) is 17.2 Å². The van der Waals surface area contributed by atoms with Gasteiger partial charge in [-0.05, 0) is 26.5 Å². The van der Waals surface area contributed by atoms with Gasteiger partial charge in [-0.15, -0.1) is 10.2 Å². The number of rotatable bonds is 3. The number of hydrogen-bond acceptors (Lipinski definition) is 4. The van der Waals surface area contributed by atoms with Gasteiger partial charge in [0.05, 0.1) is 6.04 Å². The highest BCUT2D eigenvalue weighted by atomic mass is 32.1. The Bertz CT molecular complexity index is 479. The van der Waals surface area contributed by atoms with Crippen molar-refractivity contribution in [1.82, 2.24) is 15.5 Å². The summed E-state index contributed by atoms with van der Waals surface area (Å²) in [5.41, 5.74) is 2.41. The molecular formula is C12H15N3S. The fourth-order valence-corrected chi connectivity index (χ4v) is 2.45. The van der Waals surface area contributed by atoms with E-state index in [2.05, 4.69) is 41.5 Å². The molecule has 1 heterocycles. The van der Waals surface area contributed by atoms with Gasteiger partial charge in [0, 0.05) is 5.56 Å². The minimum absolute atomic E-state index is 0.260. The van der Waals surface area contributed by atoms with Gasteiger partial charge >= 0.3 is 0 Å². The summed E-state index contributed by atoms with van der Waals surface area (Å²) in [7, 11) is 1.93. The third-order valence-corrected chi connectivity index (χ3v) is 3.76. The molecule has 0 aliphatic heterocycles. The lowest BCUT2D eigenvalue weighted by molar-refractivity contribution is 0.640. The number of nitrogens with one attached hydrogen (secondary N) is 1. The van der Waals surface area contributed by atoms with Gasteiger partial charge in [0.1, 0.15) is 10.0 Å². The summed E-state index contributed by atoms with van der Waals surface area (Å²) in [5, 5.41) is 13.6. The lowest BCUT2D eigenvalue weighted by Crippen LogP contribution is -2.11. The van der Waals surface area contributed by atoms with Crippen LogP contribution in [0.5, 0.6) is 0 Å². The number of benzene rings is 1. The summed E-state index contributed by atoms with van der Waals surface area (Å²) in [6.45, 7) is 4.18. The van der Waals surface area contributed by atoms with Crippen LogP contribution in [0.3, 0.4) is 0 Å². The summed E-state index contributed by atoms with van der Waals surface area (Å²) in [5.74, 6) is 0. The number of aromatic nitrogens is 2. The maximum atomic E-state index is 4.24. The zero-order valence-corrected chi connectivity index (χ0v) is 10.5. The second-order valence-corrected chi connectivity index (χ2v) is 4.78. The Morgan fingerprint density at radius 3 is 2.69 bits per heavy atom. The number of hydrogen-bond donors (Lipinski definition) is 1. The molecule has 0 radical (unpaired) electrons. The molecule has 0 aliphatic carbocycles. The molecule has 0 saturated heterocycles. The zero-order valence-electron chi connectivity index (χ0n) is 9.69. The van der Waals surface area contributed by atoms with E-state index in [1.807, 2.05) is 19.2 Å². The van der Waals surface area contributed by atoms with E-state index in [-0.39, 0.29) is 6.04 Å². The van der Waals surface area contributed by atoms with Crippen LogP contribution >= 0.6 is 11.3 Å². The van der Waals surface area contributed by atoms with E-state index in [0.717, 1.165) is 10.0 Å². The van der Waals surface area contributed by atoms with Gasteiger partial charge in [-0.3, -0.25) is 0 Å². The van der Waals surface area contributed by atoms with E-state index in [4.69, 9.17) is 0 Å². The van der Waals surface area contributed by atoms with Crippen molar-refractivity contribution in [3.8, 4) is 10.6 Å². The highest BCUT2D eigenvalue weighted by Gasteiger charge is 2.12. The van der Waals surface area contributed by atoms with Crippen LogP contribution in [-0.2, 0) is 0 Å². The summed E-state index contributed by atoms with van der Waals surface area (Å²) in [6.07, 6.45) is 0. The quantitative estimate of drug-likeness (QED) is 0.885. The van der Waals surface area contributed by atoms with E-state index in [1.165, 1.54) is 11.1 Å². The third-order valence-electron chi connectivity index (χ3n) is 2.62. The van der Waals surface area contributed by atoms with Gasteiger partial charge in [0.15, 0.2) is 0 Å². The van der Waals surface area contributed by atoms with Crippen LogP contribution in [0.2, 0.25) is 0 Å². The van der Waals surface area contributed by atoms with Crippen molar-refractivity contribution in [2.75, 3.05) is 7.05 Å². The zero-order chi connectivity index (χ0) is 11.5. The molecule has 0 amide bonds. The molecule has 4 heteroatoms. The monoisotopic (exact) mass is 233 g/mol. The van der Waals surface area contributed by atoms with E-state index in [0.29, 0.717) is 0 Å². The predicted molar refractivity (Wildman–Crippen MR) is 67.6 cm³/mol. The minimum Gasteiger partial charge on any atom is -0.311 e. The Morgan fingerprint density at radius 2 is 2.00 bits per heavy atom. The minimum atomic E-state index is 0.260. The molecule has 0 bridgehead atoms. The van der Waals surface area contributed by atoms with E-state index < -0.39 is 0 Å². The first-order valence-corrected chi connectivity index (χ1v) is 6.10. The van der Waals surface area contributed by atoms with Crippen molar-refractivity contribution in [3.63, 3.8) is 0 Å². The molecule has 0 spiro atoms. The lowest BCUT2D eigenvalue weighted by atomic mass is 10.1. The van der Waals surface area contributed by atoms with Crippen LogP contribution in [0.25, 0.3) is 10.6 Å². The first kappa shape index (κ1) is 11.2. The van der Waals surface area contributed by atoms with Crippen molar-refractivity contribution >= 4 is 11.3 Å². The fourth-order valence-electron chi connectivity index (χ4n) is 1.45. The van der Waals surface area contributed by atoms with Gasteiger partial charge in [0.25, 0.3) is 0 Å². The maximum absolute atomic E-state index is 4.24. The van der Waals surface area contributed by atoms with Crippen LogP contribution in [0.1, 0.15) is 23.5 Å². The topological polar surface area (TPSA) is 37.8 Å². The first-order chi connectivity index (χ1) is 7.72. The standard InChI is InChI=1S/C12H15N3S/c1-8-6-4-5-7-10(8)12-15-14-11(16-12)9(2)13-3/h4-7,9,13H,1-3H3. The second kappa shape index (κ2) is 4.72. The van der Waals surface area contributed by atoms with Crippen molar-refractivity contribution in [2.45, 2.75) is 19.9 Å². The Hall–Kier alpha value is -1.26. The lowest BCUT2D eigenvalue weighted by Gasteiger charge is -2.03. The predicted octanol–water partition coefficient (Wildman–Crippen LogP) is 2.79. The van der Waals surface area contributed by atoms with Gasteiger partial charge in [-0.25, -0.2) is 0 Å². The molecule has 0 aliphatic rings. The molecule has 1 atom stereocenters. The van der Waals surface area contributed by atoms with Crippen molar-refractivity contribution in [3.05, 3.63) is 34.8 Å². The number of nitrogens with zero attached hydrogens (tertiary/aromatic N) is 2. The molecule has 0 saturated carbocycles. The normalized spacial score (nSPS) is 12.7. The Balaban J connectivity index is 2.35. The molecule has 2 rings (SSSR count). The highest BCUT2D eigenvalue weighted by molar-refractivity contribution is 7.14. The smallest absolute Gasteiger partial charge is 0.148 e. The molecule has 1 unspecified atom stereocenters. The molecule has 1 N–H and O–H groups in total. The van der Waals surface area contributed by atoms with Gasteiger partial charge in [-0.2, -0.15) is 0 Å². The fraction of sp³-hybridized carbons (Fsp3) is 0.333. The molecule has 16 heavy (non-hydrogen) atoms. The molecule has 0 fully saturated rings. The molecule has 1 aromatic carbocycles. The Labute approximate surface area is 99.5 Å². The van der Waals surface area contributed by atoms with Gasteiger partial charge in [0.2, 0.25) is 0 Å². The average molecular weight is 233 g/mol. The first-order valence-electron chi connectivity index (χ1n) is 5.29. The summed E-state index contributed by atoms with van der Waals surface area (Å²) >= 11 is 1.65. The van der Waals surface area contributed by atoms with Crippen molar-refractivity contribution in [2.24, 2.45) is 0 Å². The van der Waals surface area contributed by atoms with Crippen LogP contribution < -0.4 is 5.32 Å². The molecular weight excluding hydrogens is 218 g/mol. The Kier molecular flexibility index (Phi) is 3.31. The van der Waals surface area contributed by atoms with Crippen LogP contribution in [0, 0.1) is 6.92 Å². The molecule has 1 aromatic heterocycles. The summed E-state index contributed by atoms with van der Waals surface area (Å²) < 4.78 is 0. The third kappa shape index (κ3) is 2.13. The van der Waals surface area contributed by atoms with E-state index in [1.54, 1.807) is 11.3 Å². The molecule has 2 aromatic rings. The summed E-state index contributed by atoms with van der Waals surface area (Å²) in [6, 6.07) is 8.51. The Morgan fingerprint density at radius 1 is 1.25 bits per heavy atom. The van der Waals surface area contributed by atoms with Crippen molar-refractivity contribution < 1.29 is 0 Å². The van der Waals surface area contributed by atoms with Crippen LogP contribution in [0.15, 0.2) is 24.3 Å². The number of aryl methyl sites for hydroxylation is 1. The highest BCUT2D eigenvalue weighted by Crippen LogP contribution is 2.28. The second-order valence-electron chi connectivity index (χ2n) is 3.77. The largest absolute Gasteiger partial charge is 0.311 e. The summed E-state index contributed by atoms with van der Waals surface area (Å²) in [4.78, 5) is 0. The van der Waals surface area contributed by atoms with Crippen LogP contribution in [0.4, 0.5) is 0 Å². The van der Waals surface area contributed by atoms with Gasteiger partial charge < -0.3 is 5.32 Å². The maximum Gasteiger partial charge on any atom is 0.148 e. The van der Waals surface area contributed by atoms with Crippen molar-refractivity contribution in [1.29, 1.82) is 0 Å².